The first kappa shape index (κ1) is 21.2. The molecule has 1 aliphatic rings. The molecule has 1 saturated carbocycles. The van der Waals surface area contributed by atoms with E-state index in [1.165, 1.54) is 25.5 Å². The van der Waals surface area contributed by atoms with E-state index in [4.69, 9.17) is 15.8 Å². The van der Waals surface area contributed by atoms with Gasteiger partial charge in [-0.2, -0.15) is 10.2 Å². The lowest BCUT2D eigenvalue weighted by atomic mass is 9.79. The van der Waals surface area contributed by atoms with E-state index < -0.39 is 6.10 Å². The maximum atomic E-state index is 9.50. The molecule has 0 saturated heterocycles. The van der Waals surface area contributed by atoms with Crippen LogP contribution in [-0.4, -0.2) is 60.1 Å². The Morgan fingerprint density at radius 1 is 1.35 bits per heavy atom. The van der Waals surface area contributed by atoms with E-state index in [-0.39, 0.29) is 13.2 Å². The molecule has 0 aromatic carbocycles. The molecule has 9 heteroatoms. The van der Waals surface area contributed by atoms with Crippen LogP contribution in [0.3, 0.4) is 0 Å². The third kappa shape index (κ3) is 4.38. The van der Waals surface area contributed by atoms with Crippen molar-refractivity contribution in [2.24, 2.45) is 16.6 Å². The Morgan fingerprint density at radius 3 is 2.87 bits per heavy atom. The molecule has 3 aromatic heterocycles. The Balaban J connectivity index is 1.68. The van der Waals surface area contributed by atoms with E-state index in [2.05, 4.69) is 33.0 Å². The summed E-state index contributed by atoms with van der Waals surface area (Å²) in [7, 11) is 0. The van der Waals surface area contributed by atoms with Gasteiger partial charge in [0.15, 0.2) is 0 Å². The Hall–Kier alpha value is -3.04. The molecule has 0 radical (unpaired) electrons. The van der Waals surface area contributed by atoms with Crippen LogP contribution in [0.1, 0.15) is 44.3 Å². The molecule has 31 heavy (non-hydrogen) atoms. The second-order valence-electron chi connectivity index (χ2n) is 7.96. The third-order valence-corrected chi connectivity index (χ3v) is 5.95. The Kier molecular flexibility index (Phi) is 6.43. The van der Waals surface area contributed by atoms with Crippen molar-refractivity contribution < 1.29 is 10.2 Å². The molecule has 1 fully saturated rings. The number of hydrogen-bond donors (Lipinski definition) is 3. The van der Waals surface area contributed by atoms with Crippen LogP contribution in [0.4, 0.5) is 0 Å². The number of nitrogens with zero attached hydrogens (tertiary/aromatic N) is 6. The summed E-state index contributed by atoms with van der Waals surface area (Å²) in [5.41, 5.74) is 9.60. The standard InChI is InChI=1S/C22H29N7O2/c1-2-20(15-4-3-5-15)28-12-17(10-26-28)22-21-6-7-25-29(21)13-19(27-22)16(8-23)9-24-11-18(31)14-30/h6-10,12-13,15,18,20,30-31H,2-5,11,14,23H2,1H3. The largest absolute Gasteiger partial charge is 0.404 e. The van der Waals surface area contributed by atoms with Gasteiger partial charge in [0.25, 0.3) is 0 Å². The topological polar surface area (TPSA) is 127 Å². The van der Waals surface area contributed by atoms with Gasteiger partial charge >= 0.3 is 0 Å². The lowest BCUT2D eigenvalue weighted by molar-refractivity contribution is 0.102. The average molecular weight is 424 g/mol. The van der Waals surface area contributed by atoms with Crippen molar-refractivity contribution in [3.63, 3.8) is 0 Å². The summed E-state index contributed by atoms with van der Waals surface area (Å²) < 4.78 is 3.84. The number of aliphatic imine (C=N–C) groups is 1. The summed E-state index contributed by atoms with van der Waals surface area (Å²) in [5.74, 6) is 0.698. The number of aliphatic hydroxyl groups excluding tert-OH is 2. The van der Waals surface area contributed by atoms with E-state index in [1.807, 2.05) is 12.3 Å². The molecule has 2 unspecified atom stereocenters. The van der Waals surface area contributed by atoms with Gasteiger partial charge < -0.3 is 15.9 Å². The fourth-order valence-corrected chi connectivity index (χ4v) is 4.01. The van der Waals surface area contributed by atoms with Crippen molar-refractivity contribution in [2.45, 2.75) is 44.8 Å². The van der Waals surface area contributed by atoms with Gasteiger partial charge in [0.05, 0.1) is 60.8 Å². The first-order valence-electron chi connectivity index (χ1n) is 10.7. The minimum atomic E-state index is -0.902. The van der Waals surface area contributed by atoms with E-state index in [9.17, 15) is 5.11 Å². The SMILES string of the molecule is CCC(C1CCC1)n1cc(-c2nc(C(C=NCC(O)CO)=CN)cn3nccc23)cn1. The van der Waals surface area contributed by atoms with Crippen LogP contribution in [0.5, 0.6) is 0 Å². The molecule has 2 atom stereocenters. The fraction of sp³-hybridized carbons (Fsp3) is 0.455. The van der Waals surface area contributed by atoms with E-state index in [0.717, 1.165) is 23.2 Å². The second-order valence-corrected chi connectivity index (χ2v) is 7.96. The molecule has 0 amide bonds. The number of fused-ring (bicyclic) bond motifs is 1. The number of aliphatic hydroxyl groups is 2. The number of allylic oxidation sites excluding steroid dienone is 1. The monoisotopic (exact) mass is 423 g/mol. The number of nitrogens with two attached hydrogens (primary N) is 1. The van der Waals surface area contributed by atoms with Crippen LogP contribution in [0.2, 0.25) is 0 Å². The molecule has 3 aromatic rings. The third-order valence-electron chi connectivity index (χ3n) is 5.95. The molecule has 0 spiro atoms. The summed E-state index contributed by atoms with van der Waals surface area (Å²) in [6, 6.07) is 2.33. The lowest BCUT2D eigenvalue weighted by Crippen LogP contribution is -2.25. The molecule has 0 aliphatic heterocycles. The van der Waals surface area contributed by atoms with Crippen LogP contribution in [0, 0.1) is 5.92 Å². The van der Waals surface area contributed by atoms with E-state index in [1.54, 1.807) is 23.1 Å². The highest BCUT2D eigenvalue weighted by molar-refractivity contribution is 6.09. The molecular formula is C22H29N7O2. The zero-order valence-electron chi connectivity index (χ0n) is 17.7. The molecule has 9 nitrogen and oxygen atoms in total. The van der Waals surface area contributed by atoms with Crippen molar-refractivity contribution >= 4 is 17.3 Å². The number of rotatable bonds is 9. The first-order valence-corrected chi connectivity index (χ1v) is 10.7. The Morgan fingerprint density at radius 2 is 2.19 bits per heavy atom. The maximum absolute atomic E-state index is 9.50. The summed E-state index contributed by atoms with van der Waals surface area (Å²) >= 11 is 0. The minimum Gasteiger partial charge on any atom is -0.404 e. The van der Waals surface area contributed by atoms with Gasteiger partial charge in [0.2, 0.25) is 0 Å². The predicted octanol–water partition coefficient (Wildman–Crippen LogP) is 2.07. The first-order chi connectivity index (χ1) is 15.1. The number of aromatic nitrogens is 5. The molecule has 3 heterocycles. The molecule has 4 rings (SSSR count). The van der Waals surface area contributed by atoms with Crippen LogP contribution >= 0.6 is 0 Å². The van der Waals surface area contributed by atoms with Crippen LogP contribution in [0.25, 0.3) is 22.3 Å². The van der Waals surface area contributed by atoms with Crippen molar-refractivity contribution in [1.82, 2.24) is 24.4 Å². The Labute approximate surface area is 180 Å². The van der Waals surface area contributed by atoms with Crippen molar-refractivity contribution in [3.05, 3.63) is 42.7 Å². The van der Waals surface area contributed by atoms with Gasteiger partial charge in [-0.1, -0.05) is 13.3 Å². The summed E-state index contributed by atoms with van der Waals surface area (Å²) in [6.45, 7) is 1.95. The highest BCUT2D eigenvalue weighted by Gasteiger charge is 2.28. The smallest absolute Gasteiger partial charge is 0.0999 e. The van der Waals surface area contributed by atoms with Crippen molar-refractivity contribution in [1.29, 1.82) is 0 Å². The number of hydrogen-bond acceptors (Lipinski definition) is 7. The van der Waals surface area contributed by atoms with Crippen LogP contribution in [-0.2, 0) is 0 Å². The van der Waals surface area contributed by atoms with Gasteiger partial charge in [0.1, 0.15) is 0 Å². The van der Waals surface area contributed by atoms with Crippen LogP contribution in [0.15, 0.2) is 42.0 Å². The normalized spacial score (nSPS) is 17.3. The second kappa shape index (κ2) is 9.40. The fourth-order valence-electron chi connectivity index (χ4n) is 4.01. The van der Waals surface area contributed by atoms with E-state index >= 15 is 0 Å². The van der Waals surface area contributed by atoms with Gasteiger partial charge in [-0.25, -0.2) is 9.50 Å². The summed E-state index contributed by atoms with van der Waals surface area (Å²) in [4.78, 5) is 9.01. The molecular weight excluding hydrogens is 394 g/mol. The van der Waals surface area contributed by atoms with Gasteiger partial charge in [-0.15, -0.1) is 0 Å². The van der Waals surface area contributed by atoms with Crippen LogP contribution < -0.4 is 5.73 Å². The Bertz CT molecular complexity index is 1080. The molecule has 0 bridgehead atoms. The highest BCUT2D eigenvalue weighted by Crippen LogP contribution is 2.38. The average Bonchev–Trinajstić information content (AvgIpc) is 3.42. The van der Waals surface area contributed by atoms with Crippen molar-refractivity contribution in [2.75, 3.05) is 13.2 Å². The molecule has 164 valence electrons. The molecule has 4 N–H and O–H groups in total. The highest BCUT2D eigenvalue weighted by atomic mass is 16.3. The van der Waals surface area contributed by atoms with E-state index in [0.29, 0.717) is 23.2 Å². The van der Waals surface area contributed by atoms with Gasteiger partial charge in [-0.05, 0) is 31.2 Å². The quantitative estimate of drug-likeness (QED) is 0.452. The summed E-state index contributed by atoms with van der Waals surface area (Å²) in [6.07, 6.45) is 14.4. The zero-order chi connectivity index (χ0) is 21.8. The summed E-state index contributed by atoms with van der Waals surface area (Å²) in [5, 5.41) is 27.5. The predicted molar refractivity (Wildman–Crippen MR) is 119 cm³/mol. The molecule has 1 aliphatic carbocycles. The lowest BCUT2D eigenvalue weighted by Gasteiger charge is -2.33. The minimum absolute atomic E-state index is 0.0804. The van der Waals surface area contributed by atoms with Gasteiger partial charge in [-0.3, -0.25) is 9.67 Å². The van der Waals surface area contributed by atoms with Gasteiger partial charge in [0, 0.05) is 29.7 Å². The maximum Gasteiger partial charge on any atom is 0.0999 e. The van der Waals surface area contributed by atoms with Crippen molar-refractivity contribution in [3.8, 4) is 11.3 Å². The zero-order valence-corrected chi connectivity index (χ0v) is 17.7.